The van der Waals surface area contributed by atoms with Crippen molar-refractivity contribution in [1.29, 1.82) is 0 Å². The molecule has 0 saturated heterocycles. The summed E-state index contributed by atoms with van der Waals surface area (Å²) in [4.78, 5) is 2.39. The van der Waals surface area contributed by atoms with Gasteiger partial charge in [0.15, 0.2) is 0 Å². The number of para-hydroxylation sites is 3. The van der Waals surface area contributed by atoms with Crippen molar-refractivity contribution in [1.82, 2.24) is 4.57 Å². The molecule has 14 rings (SSSR count). The SMILES string of the molecule is c1ccc2c(c1)oc1cccc(-c3ccc(-c4ccc(N(c5ccc(-c6ccc(-n7c8ccccc8c8ccccc87)cc6)cc5)c5ccc6c7ccccc7c7ccccc7c6c5)cc4)cc3)c12. The van der Waals surface area contributed by atoms with Crippen LogP contribution in [0.2, 0.25) is 0 Å². The number of aromatic nitrogens is 1. The van der Waals surface area contributed by atoms with Crippen LogP contribution in [0.1, 0.15) is 0 Å². The van der Waals surface area contributed by atoms with Gasteiger partial charge in [0.25, 0.3) is 0 Å². The first-order valence-electron chi connectivity index (χ1n) is 23.7. The van der Waals surface area contributed by atoms with Gasteiger partial charge in [0.05, 0.1) is 11.0 Å². The fourth-order valence-electron chi connectivity index (χ4n) is 10.9. The Morgan fingerprint density at radius 2 is 0.681 bits per heavy atom. The summed E-state index contributed by atoms with van der Waals surface area (Å²) in [7, 11) is 0. The third kappa shape index (κ3) is 6.36. The number of rotatable bonds is 7. The van der Waals surface area contributed by atoms with Gasteiger partial charge < -0.3 is 13.9 Å². The molecule has 0 bridgehead atoms. The van der Waals surface area contributed by atoms with E-state index in [1.54, 1.807) is 0 Å². The van der Waals surface area contributed by atoms with E-state index in [0.717, 1.165) is 55.8 Å². The topological polar surface area (TPSA) is 21.3 Å². The monoisotopic (exact) mass is 878 g/mol. The molecule has 69 heavy (non-hydrogen) atoms. The third-order valence-corrected chi connectivity index (χ3v) is 14.2. The Morgan fingerprint density at radius 1 is 0.275 bits per heavy atom. The van der Waals surface area contributed by atoms with Crippen LogP contribution in [0.15, 0.2) is 259 Å². The van der Waals surface area contributed by atoms with E-state index in [-0.39, 0.29) is 0 Å². The van der Waals surface area contributed by atoms with Crippen LogP contribution in [0.4, 0.5) is 17.1 Å². The van der Waals surface area contributed by atoms with E-state index < -0.39 is 0 Å². The molecule has 0 spiro atoms. The van der Waals surface area contributed by atoms with E-state index in [9.17, 15) is 0 Å². The molecule has 12 aromatic carbocycles. The molecule has 0 aliphatic heterocycles. The number of anilines is 3. The number of furan rings is 1. The molecule has 0 amide bonds. The van der Waals surface area contributed by atoms with Crippen molar-refractivity contribution in [2.45, 2.75) is 0 Å². The number of hydrogen-bond acceptors (Lipinski definition) is 2. The average molecular weight is 879 g/mol. The molecule has 0 unspecified atom stereocenters. The van der Waals surface area contributed by atoms with E-state index in [0.29, 0.717) is 0 Å². The molecule has 14 aromatic rings. The summed E-state index contributed by atoms with van der Waals surface area (Å²) in [5, 5.41) is 12.4. The van der Waals surface area contributed by atoms with Crippen molar-refractivity contribution in [3.8, 4) is 39.1 Å². The summed E-state index contributed by atoms with van der Waals surface area (Å²) < 4.78 is 8.59. The maximum atomic E-state index is 6.22. The van der Waals surface area contributed by atoms with Crippen LogP contribution in [0, 0.1) is 0 Å². The summed E-state index contributed by atoms with van der Waals surface area (Å²) in [5.74, 6) is 0. The van der Waals surface area contributed by atoms with Gasteiger partial charge in [0.2, 0.25) is 0 Å². The van der Waals surface area contributed by atoms with Gasteiger partial charge >= 0.3 is 0 Å². The Bertz CT molecular complexity index is 4190. The fraction of sp³-hybridized carbons (Fsp3) is 0. The van der Waals surface area contributed by atoms with Gasteiger partial charge in [-0.25, -0.2) is 0 Å². The Morgan fingerprint density at radius 3 is 1.25 bits per heavy atom. The third-order valence-electron chi connectivity index (χ3n) is 14.2. The summed E-state index contributed by atoms with van der Waals surface area (Å²) in [6.07, 6.45) is 0. The molecule has 322 valence electrons. The van der Waals surface area contributed by atoms with E-state index in [1.165, 1.54) is 76.4 Å². The molecule has 0 N–H and O–H groups in total. The zero-order valence-electron chi connectivity index (χ0n) is 37.6. The first kappa shape index (κ1) is 39.0. The van der Waals surface area contributed by atoms with Gasteiger partial charge in [-0.15, -0.1) is 0 Å². The van der Waals surface area contributed by atoms with Crippen molar-refractivity contribution in [3.05, 3.63) is 255 Å². The molecule has 0 atom stereocenters. The maximum Gasteiger partial charge on any atom is 0.136 e. The molecule has 2 aromatic heterocycles. The quantitative estimate of drug-likeness (QED) is 0.149. The van der Waals surface area contributed by atoms with Crippen LogP contribution in [-0.2, 0) is 0 Å². The second-order valence-corrected chi connectivity index (χ2v) is 18.0. The number of hydrogen-bond donors (Lipinski definition) is 0. The second-order valence-electron chi connectivity index (χ2n) is 18.0. The lowest BCUT2D eigenvalue weighted by atomic mass is 9.94. The average Bonchev–Trinajstić information content (AvgIpc) is 3.98. The van der Waals surface area contributed by atoms with Crippen LogP contribution in [0.25, 0.3) is 115 Å². The van der Waals surface area contributed by atoms with E-state index in [1.807, 2.05) is 12.1 Å². The molecule has 0 saturated carbocycles. The largest absolute Gasteiger partial charge is 0.456 e. The minimum atomic E-state index is 0.908. The highest BCUT2D eigenvalue weighted by atomic mass is 16.3. The Kier molecular flexibility index (Phi) is 8.90. The molecule has 2 heterocycles. The first-order valence-corrected chi connectivity index (χ1v) is 23.7. The van der Waals surface area contributed by atoms with Crippen LogP contribution in [0.3, 0.4) is 0 Å². The lowest BCUT2D eigenvalue weighted by Gasteiger charge is -2.27. The smallest absolute Gasteiger partial charge is 0.136 e. The zero-order valence-corrected chi connectivity index (χ0v) is 37.6. The van der Waals surface area contributed by atoms with E-state index in [4.69, 9.17) is 4.42 Å². The zero-order chi connectivity index (χ0) is 45.4. The number of nitrogens with zero attached hydrogens (tertiary/aromatic N) is 2. The van der Waals surface area contributed by atoms with Crippen LogP contribution in [-0.4, -0.2) is 4.57 Å². The van der Waals surface area contributed by atoms with Crippen LogP contribution >= 0.6 is 0 Å². The minimum absolute atomic E-state index is 0.908. The molecule has 0 radical (unpaired) electrons. The highest BCUT2D eigenvalue weighted by molar-refractivity contribution is 6.26. The fourth-order valence-corrected chi connectivity index (χ4v) is 10.9. The van der Waals surface area contributed by atoms with Gasteiger partial charge in [0.1, 0.15) is 11.2 Å². The predicted octanol–water partition coefficient (Wildman–Crippen LogP) is 18.6. The van der Waals surface area contributed by atoms with E-state index >= 15 is 0 Å². The summed E-state index contributed by atoms with van der Waals surface area (Å²) in [6.45, 7) is 0. The molecule has 0 aliphatic carbocycles. The van der Waals surface area contributed by atoms with E-state index in [2.05, 4.69) is 252 Å². The molecule has 3 heteroatoms. The van der Waals surface area contributed by atoms with Gasteiger partial charge in [0, 0.05) is 44.3 Å². The predicted molar refractivity (Wildman–Crippen MR) is 292 cm³/mol. The van der Waals surface area contributed by atoms with Crippen molar-refractivity contribution in [2.24, 2.45) is 0 Å². The van der Waals surface area contributed by atoms with Gasteiger partial charge in [-0.3, -0.25) is 0 Å². The van der Waals surface area contributed by atoms with Crippen molar-refractivity contribution >= 4 is 93.1 Å². The Hall–Kier alpha value is -9.18. The first-order chi connectivity index (χ1) is 34.2. The molecular formula is C66H42N2O. The highest BCUT2D eigenvalue weighted by Crippen LogP contribution is 2.43. The second kappa shape index (κ2) is 15.7. The van der Waals surface area contributed by atoms with Crippen LogP contribution in [0.5, 0.6) is 0 Å². The van der Waals surface area contributed by atoms with Crippen molar-refractivity contribution < 1.29 is 4.42 Å². The molecular weight excluding hydrogens is 837 g/mol. The van der Waals surface area contributed by atoms with Crippen LogP contribution < -0.4 is 4.90 Å². The highest BCUT2D eigenvalue weighted by Gasteiger charge is 2.18. The summed E-state index contributed by atoms with van der Waals surface area (Å²) in [6, 6.07) is 92.5. The summed E-state index contributed by atoms with van der Waals surface area (Å²) in [5.41, 5.74) is 15.7. The minimum Gasteiger partial charge on any atom is -0.456 e. The molecule has 0 fully saturated rings. The number of benzene rings is 12. The lowest BCUT2D eigenvalue weighted by molar-refractivity contribution is 0.669. The van der Waals surface area contributed by atoms with Crippen molar-refractivity contribution in [3.63, 3.8) is 0 Å². The number of fused-ring (bicyclic) bond motifs is 12. The lowest BCUT2D eigenvalue weighted by Crippen LogP contribution is -2.10. The Labute approximate surface area is 399 Å². The van der Waals surface area contributed by atoms with Gasteiger partial charge in [-0.2, -0.15) is 0 Å². The standard InChI is InChI=1S/C66H42N2O/c1-2-14-55-53(12-1)54-13-3-4-15-56(54)61-42-51(40-41-57(55)61)67(48-34-28-44(29-35-48)43-24-26-47(27-25-43)52-19-11-23-65-66(52)60-18-7-10-22-64(60)69-65)49-36-30-45(31-37-49)46-32-38-50(39-33-46)68-62-20-8-5-16-58(62)59-17-6-9-21-63(59)68/h1-42H. The molecule has 0 aliphatic rings. The van der Waals surface area contributed by atoms with Crippen molar-refractivity contribution in [2.75, 3.05) is 4.90 Å². The normalized spacial score (nSPS) is 11.8. The summed E-state index contributed by atoms with van der Waals surface area (Å²) >= 11 is 0. The maximum absolute atomic E-state index is 6.22. The Balaban J connectivity index is 0.838. The molecule has 3 nitrogen and oxygen atoms in total. The van der Waals surface area contributed by atoms with Gasteiger partial charge in [-0.1, -0.05) is 182 Å². The van der Waals surface area contributed by atoms with Gasteiger partial charge in [-0.05, 0) is 138 Å².